The lowest BCUT2D eigenvalue weighted by Gasteiger charge is -2.43. The monoisotopic (exact) mass is 249 g/mol. The molecular weight excluding hydrogens is 226 g/mol. The molecule has 1 saturated carbocycles. The summed E-state index contributed by atoms with van der Waals surface area (Å²) in [5.41, 5.74) is 6.43. The van der Waals surface area contributed by atoms with Crippen molar-refractivity contribution in [1.29, 1.82) is 0 Å². The first kappa shape index (κ1) is 12.2. The van der Waals surface area contributed by atoms with Crippen LogP contribution in [0.1, 0.15) is 50.0 Å². The number of hydrogen-bond acceptors (Lipinski definition) is 4. The SMILES string of the molecule is NCc1cc(CN2CCCC3CCCCC32)on1. The predicted octanol–water partition coefficient (Wildman–Crippen LogP) is 2.29. The Hall–Kier alpha value is -0.870. The highest BCUT2D eigenvalue weighted by Crippen LogP contribution is 2.35. The summed E-state index contributed by atoms with van der Waals surface area (Å²) in [6.45, 7) is 2.59. The van der Waals surface area contributed by atoms with Crippen LogP contribution in [-0.2, 0) is 13.1 Å². The number of likely N-dealkylation sites (tertiary alicyclic amines) is 1. The van der Waals surface area contributed by atoms with Gasteiger partial charge in [0, 0.05) is 18.7 Å². The average molecular weight is 249 g/mol. The number of piperidine rings is 1. The largest absolute Gasteiger partial charge is 0.360 e. The molecule has 100 valence electrons. The van der Waals surface area contributed by atoms with Gasteiger partial charge in [-0.05, 0) is 38.1 Å². The minimum absolute atomic E-state index is 0.468. The molecule has 1 aromatic rings. The second-order valence-electron chi connectivity index (χ2n) is 5.71. The van der Waals surface area contributed by atoms with E-state index < -0.39 is 0 Å². The molecule has 1 aromatic heterocycles. The summed E-state index contributed by atoms with van der Waals surface area (Å²) in [5, 5.41) is 3.98. The van der Waals surface area contributed by atoms with Crippen LogP contribution in [0.2, 0.25) is 0 Å². The molecule has 0 spiro atoms. The third kappa shape index (κ3) is 2.45. The van der Waals surface area contributed by atoms with E-state index in [4.69, 9.17) is 10.3 Å². The number of aromatic nitrogens is 1. The molecule has 1 aliphatic carbocycles. The summed E-state index contributed by atoms with van der Waals surface area (Å²) in [6.07, 6.45) is 8.36. The van der Waals surface area contributed by atoms with E-state index >= 15 is 0 Å². The summed E-state index contributed by atoms with van der Waals surface area (Å²) >= 11 is 0. The standard InChI is InChI=1S/C14H23N3O/c15-9-12-8-13(18-16-12)10-17-7-3-5-11-4-1-2-6-14(11)17/h8,11,14H,1-7,9-10,15H2. The van der Waals surface area contributed by atoms with E-state index in [9.17, 15) is 0 Å². The summed E-state index contributed by atoms with van der Waals surface area (Å²) in [4.78, 5) is 2.61. The Labute approximate surface area is 108 Å². The lowest BCUT2D eigenvalue weighted by atomic mass is 9.78. The number of fused-ring (bicyclic) bond motifs is 1. The first-order valence-corrected chi connectivity index (χ1v) is 7.25. The van der Waals surface area contributed by atoms with E-state index in [0.29, 0.717) is 6.54 Å². The van der Waals surface area contributed by atoms with Crippen LogP contribution >= 0.6 is 0 Å². The van der Waals surface area contributed by atoms with Gasteiger partial charge in [-0.25, -0.2) is 0 Å². The molecule has 1 saturated heterocycles. The molecular formula is C14H23N3O. The molecule has 3 rings (SSSR count). The van der Waals surface area contributed by atoms with Gasteiger partial charge in [-0.3, -0.25) is 4.90 Å². The highest BCUT2D eigenvalue weighted by atomic mass is 16.5. The molecule has 2 unspecified atom stereocenters. The fourth-order valence-electron chi connectivity index (χ4n) is 3.65. The Balaban J connectivity index is 1.66. The molecule has 4 nitrogen and oxygen atoms in total. The van der Waals surface area contributed by atoms with Crippen LogP contribution in [0.15, 0.2) is 10.6 Å². The van der Waals surface area contributed by atoms with Gasteiger partial charge >= 0.3 is 0 Å². The quantitative estimate of drug-likeness (QED) is 0.893. The maximum Gasteiger partial charge on any atom is 0.151 e. The first-order valence-electron chi connectivity index (χ1n) is 7.25. The highest BCUT2D eigenvalue weighted by molar-refractivity contribution is 5.05. The van der Waals surface area contributed by atoms with Crippen LogP contribution in [0.3, 0.4) is 0 Å². The van der Waals surface area contributed by atoms with E-state index in [1.54, 1.807) is 0 Å². The van der Waals surface area contributed by atoms with Gasteiger partial charge in [-0.1, -0.05) is 18.0 Å². The molecule has 1 aliphatic heterocycles. The zero-order valence-corrected chi connectivity index (χ0v) is 11.0. The molecule has 2 heterocycles. The molecule has 0 radical (unpaired) electrons. The molecule has 0 bridgehead atoms. The number of nitrogens with zero attached hydrogens (tertiary/aromatic N) is 2. The maximum atomic E-state index is 5.57. The minimum Gasteiger partial charge on any atom is -0.360 e. The van der Waals surface area contributed by atoms with Gasteiger partial charge in [0.05, 0.1) is 12.2 Å². The van der Waals surface area contributed by atoms with Gasteiger partial charge in [0.2, 0.25) is 0 Å². The fraction of sp³-hybridized carbons (Fsp3) is 0.786. The lowest BCUT2D eigenvalue weighted by Crippen LogP contribution is -2.46. The van der Waals surface area contributed by atoms with Gasteiger partial charge in [0.15, 0.2) is 5.76 Å². The van der Waals surface area contributed by atoms with Crippen LogP contribution in [-0.4, -0.2) is 22.6 Å². The molecule has 18 heavy (non-hydrogen) atoms. The molecule has 0 amide bonds. The van der Waals surface area contributed by atoms with Crippen molar-refractivity contribution < 1.29 is 4.52 Å². The predicted molar refractivity (Wildman–Crippen MR) is 69.8 cm³/mol. The van der Waals surface area contributed by atoms with Crippen LogP contribution in [0.5, 0.6) is 0 Å². The van der Waals surface area contributed by atoms with Crippen molar-refractivity contribution in [3.8, 4) is 0 Å². The van der Waals surface area contributed by atoms with Crippen molar-refractivity contribution in [1.82, 2.24) is 10.1 Å². The van der Waals surface area contributed by atoms with Crippen molar-refractivity contribution >= 4 is 0 Å². The van der Waals surface area contributed by atoms with E-state index in [2.05, 4.69) is 10.1 Å². The fourth-order valence-corrected chi connectivity index (χ4v) is 3.65. The third-order valence-corrected chi connectivity index (χ3v) is 4.53. The summed E-state index contributed by atoms with van der Waals surface area (Å²) < 4.78 is 5.37. The smallest absolute Gasteiger partial charge is 0.151 e. The normalized spacial score (nSPS) is 29.2. The van der Waals surface area contributed by atoms with Crippen molar-refractivity contribution in [3.63, 3.8) is 0 Å². The topological polar surface area (TPSA) is 55.3 Å². The van der Waals surface area contributed by atoms with Crippen molar-refractivity contribution in [3.05, 3.63) is 17.5 Å². The molecule has 2 fully saturated rings. The Morgan fingerprint density at radius 2 is 2.11 bits per heavy atom. The van der Waals surface area contributed by atoms with Crippen LogP contribution < -0.4 is 5.73 Å². The van der Waals surface area contributed by atoms with Gasteiger partial charge in [-0.15, -0.1) is 0 Å². The summed E-state index contributed by atoms with van der Waals surface area (Å²) in [5.74, 6) is 1.89. The Kier molecular flexibility index (Phi) is 3.66. The van der Waals surface area contributed by atoms with Gasteiger partial charge in [0.25, 0.3) is 0 Å². The zero-order valence-electron chi connectivity index (χ0n) is 11.0. The van der Waals surface area contributed by atoms with Crippen LogP contribution in [0.25, 0.3) is 0 Å². The second kappa shape index (κ2) is 5.41. The zero-order chi connectivity index (χ0) is 12.4. The maximum absolute atomic E-state index is 5.57. The first-order chi connectivity index (χ1) is 8.86. The lowest BCUT2D eigenvalue weighted by molar-refractivity contribution is 0.0479. The second-order valence-corrected chi connectivity index (χ2v) is 5.71. The molecule has 2 atom stereocenters. The average Bonchev–Trinajstić information content (AvgIpc) is 2.87. The van der Waals surface area contributed by atoms with Gasteiger partial charge in [-0.2, -0.15) is 0 Å². The summed E-state index contributed by atoms with van der Waals surface area (Å²) in [7, 11) is 0. The minimum atomic E-state index is 0.468. The Bertz CT molecular complexity index is 388. The number of rotatable bonds is 3. The third-order valence-electron chi connectivity index (χ3n) is 4.53. The van der Waals surface area contributed by atoms with Crippen LogP contribution in [0, 0.1) is 5.92 Å². The Morgan fingerprint density at radius 3 is 2.94 bits per heavy atom. The summed E-state index contributed by atoms with van der Waals surface area (Å²) in [6, 6.07) is 2.78. The highest BCUT2D eigenvalue weighted by Gasteiger charge is 2.33. The van der Waals surface area contributed by atoms with E-state index in [1.165, 1.54) is 45.1 Å². The molecule has 2 aliphatic rings. The van der Waals surface area contributed by atoms with Crippen molar-refractivity contribution in [2.75, 3.05) is 6.54 Å². The van der Waals surface area contributed by atoms with E-state index in [0.717, 1.165) is 30.0 Å². The number of hydrogen-bond donors (Lipinski definition) is 1. The van der Waals surface area contributed by atoms with E-state index in [1.807, 2.05) is 6.07 Å². The van der Waals surface area contributed by atoms with Crippen LogP contribution in [0.4, 0.5) is 0 Å². The molecule has 2 N–H and O–H groups in total. The van der Waals surface area contributed by atoms with Crippen molar-refractivity contribution in [2.45, 2.75) is 57.7 Å². The van der Waals surface area contributed by atoms with E-state index in [-0.39, 0.29) is 0 Å². The Morgan fingerprint density at radius 1 is 1.28 bits per heavy atom. The van der Waals surface area contributed by atoms with Gasteiger partial charge < -0.3 is 10.3 Å². The molecule has 0 aromatic carbocycles. The van der Waals surface area contributed by atoms with Crippen molar-refractivity contribution in [2.24, 2.45) is 11.7 Å². The molecule has 4 heteroatoms. The number of nitrogens with two attached hydrogens (primary N) is 1. The van der Waals surface area contributed by atoms with Gasteiger partial charge in [0.1, 0.15) is 0 Å².